The second kappa shape index (κ2) is 26.9. The van der Waals surface area contributed by atoms with Crippen molar-refractivity contribution in [3.63, 3.8) is 0 Å². The van der Waals surface area contributed by atoms with E-state index in [2.05, 4.69) is 28.2 Å². The molecule has 0 aliphatic heterocycles. The molecular weight excluding hydrogens is 468 g/mol. The number of amides is 4. The van der Waals surface area contributed by atoms with Gasteiger partial charge in [0.25, 0.3) is 0 Å². The van der Waals surface area contributed by atoms with Crippen LogP contribution < -0.4 is 21.3 Å². The maximum atomic E-state index is 11.0. The molecule has 4 amide bonds. The van der Waals surface area contributed by atoms with Gasteiger partial charge in [-0.3, -0.25) is 19.2 Å². The normalized spacial score (nSPS) is 10.0. The fourth-order valence-corrected chi connectivity index (χ4v) is 1.85. The Bertz CT molecular complexity index is 581. The molecule has 0 saturated heterocycles. The first kappa shape index (κ1) is 44.8. The van der Waals surface area contributed by atoms with E-state index in [4.69, 9.17) is 0 Å². The number of hydrogen-bond acceptors (Lipinski definition) is 4. The van der Waals surface area contributed by atoms with Crippen LogP contribution in [0.25, 0.3) is 0 Å². The molecule has 0 aliphatic rings. The average molecular weight is 533 g/mol. The predicted octanol–water partition coefficient (Wildman–Crippen LogP) is 5.31. The highest BCUT2D eigenvalue weighted by molar-refractivity contribution is 5.79. The largest absolute Gasteiger partial charge is 0.359 e. The van der Waals surface area contributed by atoms with Crippen molar-refractivity contribution in [1.29, 1.82) is 0 Å². The minimum absolute atomic E-state index is 0. The lowest BCUT2D eigenvalue weighted by Gasteiger charge is -2.21. The van der Waals surface area contributed by atoms with E-state index in [0.29, 0.717) is 0 Å². The van der Waals surface area contributed by atoms with Gasteiger partial charge in [-0.15, -0.1) is 0 Å². The Morgan fingerprint density at radius 1 is 0.595 bits per heavy atom. The van der Waals surface area contributed by atoms with Crippen LogP contribution in [0.5, 0.6) is 0 Å². The van der Waals surface area contributed by atoms with Gasteiger partial charge in [0.15, 0.2) is 0 Å². The molecule has 0 spiro atoms. The molecule has 0 bridgehead atoms. The van der Waals surface area contributed by atoms with Crippen molar-refractivity contribution in [2.45, 2.75) is 122 Å². The quantitative estimate of drug-likeness (QED) is 0.301. The van der Waals surface area contributed by atoms with Crippen LogP contribution in [0.1, 0.15) is 117 Å². The third kappa shape index (κ3) is 38.6. The standard InChI is InChI=1S/2C8H17NO.C7H15NO.C5H11NO.CH4/c1-6(2)7(10)9-8(3,4)5;1-4-5-6-9-8(10)7(2)3;1-4-5-8-7(9)6(2)3;1-4(2)5(7)6-3;/h6H,1-5H3,(H,9,10);7H,4-6H2,1-3H3,(H,9,10);6H,4-5H2,1-3H3,(H,8,9);4H,1-3H3,(H,6,7);1H4. The number of rotatable bonds is 9. The van der Waals surface area contributed by atoms with Crippen LogP contribution in [0.3, 0.4) is 0 Å². The fourth-order valence-electron chi connectivity index (χ4n) is 1.85. The lowest BCUT2D eigenvalue weighted by molar-refractivity contribution is -0.125. The first-order chi connectivity index (χ1) is 16.4. The second-order valence-electron chi connectivity index (χ2n) is 10.9. The highest BCUT2D eigenvalue weighted by atomic mass is 16.2. The summed E-state index contributed by atoms with van der Waals surface area (Å²) in [5.74, 6) is 0.968. The van der Waals surface area contributed by atoms with E-state index in [9.17, 15) is 19.2 Å². The molecule has 0 aromatic carbocycles. The lowest BCUT2D eigenvalue weighted by Crippen LogP contribution is -2.42. The van der Waals surface area contributed by atoms with E-state index in [1.54, 1.807) is 7.05 Å². The molecule has 8 nitrogen and oxygen atoms in total. The van der Waals surface area contributed by atoms with Crippen LogP contribution in [0.15, 0.2) is 0 Å². The summed E-state index contributed by atoms with van der Waals surface area (Å²) in [7, 11) is 1.64. The zero-order chi connectivity index (χ0) is 29.5. The highest BCUT2D eigenvalue weighted by Crippen LogP contribution is 2.01. The van der Waals surface area contributed by atoms with E-state index >= 15 is 0 Å². The highest BCUT2D eigenvalue weighted by Gasteiger charge is 2.15. The molecule has 0 aliphatic carbocycles. The monoisotopic (exact) mass is 532 g/mol. The van der Waals surface area contributed by atoms with Crippen LogP contribution >= 0.6 is 0 Å². The average Bonchev–Trinajstić information content (AvgIpc) is 2.76. The van der Waals surface area contributed by atoms with Gasteiger partial charge in [0.1, 0.15) is 0 Å². The molecule has 0 unspecified atom stereocenters. The Balaban J connectivity index is -0.000000123. The van der Waals surface area contributed by atoms with Crippen LogP contribution in [0, 0.1) is 23.7 Å². The van der Waals surface area contributed by atoms with Gasteiger partial charge in [0.2, 0.25) is 23.6 Å². The minimum atomic E-state index is -0.0959. The van der Waals surface area contributed by atoms with Crippen molar-refractivity contribution in [2.24, 2.45) is 23.7 Å². The molecule has 0 aromatic heterocycles. The van der Waals surface area contributed by atoms with Crippen molar-refractivity contribution in [2.75, 3.05) is 20.1 Å². The Morgan fingerprint density at radius 2 is 0.946 bits per heavy atom. The number of carbonyl (C=O) groups is 4. The van der Waals surface area contributed by atoms with Gasteiger partial charge in [-0.1, -0.05) is 83.1 Å². The van der Waals surface area contributed by atoms with E-state index in [-0.39, 0.29) is 60.3 Å². The topological polar surface area (TPSA) is 116 Å². The zero-order valence-corrected chi connectivity index (χ0v) is 26.0. The summed E-state index contributed by atoms with van der Waals surface area (Å²) in [5.41, 5.74) is -0.0959. The first-order valence-electron chi connectivity index (χ1n) is 13.5. The van der Waals surface area contributed by atoms with Gasteiger partial charge < -0.3 is 21.3 Å². The van der Waals surface area contributed by atoms with E-state index in [1.165, 1.54) is 0 Å². The molecule has 0 atom stereocenters. The van der Waals surface area contributed by atoms with Crippen molar-refractivity contribution >= 4 is 23.6 Å². The summed E-state index contributed by atoms with van der Waals surface area (Å²) in [6.45, 7) is 26.8. The lowest BCUT2D eigenvalue weighted by atomic mass is 10.1. The maximum Gasteiger partial charge on any atom is 0.222 e. The summed E-state index contributed by atoms with van der Waals surface area (Å²) >= 11 is 0. The van der Waals surface area contributed by atoms with Crippen LogP contribution in [0.2, 0.25) is 0 Å². The van der Waals surface area contributed by atoms with Crippen molar-refractivity contribution in [3.8, 4) is 0 Å². The van der Waals surface area contributed by atoms with Gasteiger partial charge in [-0.25, -0.2) is 0 Å². The molecule has 0 aromatic rings. The number of hydrogen-bond donors (Lipinski definition) is 4. The third-order valence-corrected chi connectivity index (χ3v) is 4.22. The van der Waals surface area contributed by atoms with Gasteiger partial charge in [-0.2, -0.15) is 0 Å². The van der Waals surface area contributed by atoms with Gasteiger partial charge in [-0.05, 0) is 33.6 Å². The number of carbonyl (C=O) groups excluding carboxylic acids is 4. The van der Waals surface area contributed by atoms with Crippen LogP contribution in [-0.4, -0.2) is 49.3 Å². The molecule has 4 N–H and O–H groups in total. The number of nitrogens with one attached hydrogen (secondary N) is 4. The summed E-state index contributed by atoms with van der Waals surface area (Å²) in [6.07, 6.45) is 3.23. The summed E-state index contributed by atoms with van der Waals surface area (Å²) in [4.78, 5) is 43.1. The van der Waals surface area contributed by atoms with Gasteiger partial charge in [0.05, 0.1) is 0 Å². The molecule has 8 heteroatoms. The fraction of sp³-hybridized carbons (Fsp3) is 0.862. The molecule has 0 radical (unpaired) electrons. The third-order valence-electron chi connectivity index (χ3n) is 4.22. The van der Waals surface area contributed by atoms with E-state index in [1.807, 2.05) is 83.1 Å². The van der Waals surface area contributed by atoms with Crippen molar-refractivity contribution < 1.29 is 19.2 Å². The summed E-state index contributed by atoms with van der Waals surface area (Å²) in [6, 6.07) is 0. The molecule has 0 fully saturated rings. The van der Waals surface area contributed by atoms with Crippen LogP contribution in [0.4, 0.5) is 0 Å². The minimum Gasteiger partial charge on any atom is -0.359 e. The number of unbranched alkanes of at least 4 members (excludes halogenated alkanes) is 1. The predicted molar refractivity (Wildman–Crippen MR) is 159 cm³/mol. The molecule has 0 rings (SSSR count). The first-order valence-corrected chi connectivity index (χ1v) is 13.5. The second-order valence-corrected chi connectivity index (χ2v) is 10.9. The SMILES string of the molecule is C.CC(C)C(=O)NC(C)(C)C.CCCCNC(=O)C(C)C.CCCNC(=O)C(C)C.CNC(=O)C(C)C. The molecule has 224 valence electrons. The van der Waals surface area contributed by atoms with Crippen molar-refractivity contribution in [1.82, 2.24) is 21.3 Å². The van der Waals surface area contributed by atoms with Crippen molar-refractivity contribution in [3.05, 3.63) is 0 Å². The van der Waals surface area contributed by atoms with Gasteiger partial charge in [0, 0.05) is 49.3 Å². The molecule has 0 heterocycles. The molecule has 0 saturated carbocycles. The zero-order valence-electron chi connectivity index (χ0n) is 26.0. The van der Waals surface area contributed by atoms with Gasteiger partial charge >= 0.3 is 0 Å². The van der Waals surface area contributed by atoms with Crippen LogP contribution in [-0.2, 0) is 19.2 Å². The Kier molecular flexibility index (Phi) is 32.6. The maximum absolute atomic E-state index is 11.0. The van der Waals surface area contributed by atoms with E-state index in [0.717, 1.165) is 32.4 Å². The smallest absolute Gasteiger partial charge is 0.222 e. The Hall–Kier alpha value is -2.12. The summed E-state index contributed by atoms with van der Waals surface area (Å²) in [5, 5.41) is 11.0. The molecule has 37 heavy (non-hydrogen) atoms. The Labute approximate surface area is 230 Å². The summed E-state index contributed by atoms with van der Waals surface area (Å²) < 4.78 is 0. The molecular formula is C29H64N4O4. The Morgan fingerprint density at radius 3 is 1.14 bits per heavy atom. The van der Waals surface area contributed by atoms with E-state index < -0.39 is 0 Å².